The molecule has 0 aromatic heterocycles. The SMILES string of the molecule is CN=C(NCc1ccc(C)cc1SC)NCC1CN(CC(C)C)CCO1.I. The maximum absolute atomic E-state index is 5.91. The van der Waals surface area contributed by atoms with Crippen molar-refractivity contribution in [2.45, 2.75) is 38.3 Å². The highest BCUT2D eigenvalue weighted by molar-refractivity contribution is 14.0. The van der Waals surface area contributed by atoms with E-state index in [9.17, 15) is 0 Å². The number of aliphatic imine (C=N–C) groups is 1. The molecule has 0 aliphatic carbocycles. The van der Waals surface area contributed by atoms with Gasteiger partial charge < -0.3 is 15.4 Å². The second kappa shape index (κ2) is 12.9. The summed E-state index contributed by atoms with van der Waals surface area (Å²) in [5.74, 6) is 1.51. The standard InChI is InChI=1S/C20H34N4OS.HI/c1-15(2)13-24-8-9-25-18(14-24)12-23-20(21-4)22-11-17-7-6-16(3)10-19(17)26-5;/h6-7,10,15,18H,8-9,11-14H2,1-5H3,(H2,21,22,23);1H. The minimum absolute atomic E-state index is 0. The Morgan fingerprint density at radius 3 is 2.81 bits per heavy atom. The van der Waals surface area contributed by atoms with Gasteiger partial charge in [-0.2, -0.15) is 0 Å². The molecule has 1 aromatic rings. The summed E-state index contributed by atoms with van der Waals surface area (Å²) in [5.41, 5.74) is 2.59. The number of ether oxygens (including phenoxy) is 1. The van der Waals surface area contributed by atoms with E-state index in [1.54, 1.807) is 11.8 Å². The highest BCUT2D eigenvalue weighted by atomic mass is 127. The lowest BCUT2D eigenvalue weighted by atomic mass is 10.1. The topological polar surface area (TPSA) is 48.9 Å². The Kier molecular flexibility index (Phi) is 11.7. The van der Waals surface area contributed by atoms with Crippen molar-refractivity contribution < 1.29 is 4.74 Å². The van der Waals surface area contributed by atoms with Crippen LogP contribution in [0.5, 0.6) is 0 Å². The van der Waals surface area contributed by atoms with E-state index in [4.69, 9.17) is 4.74 Å². The molecule has 2 N–H and O–H groups in total. The molecule has 27 heavy (non-hydrogen) atoms. The van der Waals surface area contributed by atoms with Gasteiger partial charge in [-0.1, -0.05) is 26.0 Å². The summed E-state index contributed by atoms with van der Waals surface area (Å²) in [6.45, 7) is 12.2. The van der Waals surface area contributed by atoms with Gasteiger partial charge in [0.1, 0.15) is 0 Å². The number of guanidine groups is 1. The van der Waals surface area contributed by atoms with Gasteiger partial charge in [0, 0.05) is 44.7 Å². The van der Waals surface area contributed by atoms with Crippen LogP contribution in [0.15, 0.2) is 28.1 Å². The molecule has 1 saturated heterocycles. The lowest BCUT2D eigenvalue weighted by Crippen LogP contribution is -2.50. The third-order valence-electron chi connectivity index (χ3n) is 4.46. The van der Waals surface area contributed by atoms with Crippen LogP contribution in [-0.4, -0.2) is 63.1 Å². The lowest BCUT2D eigenvalue weighted by molar-refractivity contribution is -0.0284. The van der Waals surface area contributed by atoms with E-state index in [0.29, 0.717) is 5.92 Å². The summed E-state index contributed by atoms with van der Waals surface area (Å²) in [6.07, 6.45) is 2.33. The first-order valence-corrected chi connectivity index (χ1v) is 10.7. The van der Waals surface area contributed by atoms with Crippen molar-refractivity contribution in [3.63, 3.8) is 0 Å². The number of nitrogens with zero attached hydrogens (tertiary/aromatic N) is 2. The average Bonchev–Trinajstić information content (AvgIpc) is 2.62. The van der Waals surface area contributed by atoms with E-state index >= 15 is 0 Å². The average molecular weight is 506 g/mol. The lowest BCUT2D eigenvalue weighted by Gasteiger charge is -2.34. The van der Waals surface area contributed by atoms with Crippen LogP contribution in [0.2, 0.25) is 0 Å². The van der Waals surface area contributed by atoms with Gasteiger partial charge in [0.15, 0.2) is 5.96 Å². The quantitative estimate of drug-likeness (QED) is 0.257. The summed E-state index contributed by atoms with van der Waals surface area (Å²) >= 11 is 1.78. The van der Waals surface area contributed by atoms with Crippen LogP contribution in [0.25, 0.3) is 0 Å². The summed E-state index contributed by atoms with van der Waals surface area (Å²) in [5, 5.41) is 6.83. The number of halogens is 1. The van der Waals surface area contributed by atoms with E-state index in [-0.39, 0.29) is 30.1 Å². The van der Waals surface area contributed by atoms with Gasteiger partial charge in [-0.05, 0) is 36.3 Å². The van der Waals surface area contributed by atoms with Gasteiger partial charge in [-0.15, -0.1) is 35.7 Å². The third kappa shape index (κ3) is 8.58. The van der Waals surface area contributed by atoms with Crippen molar-refractivity contribution in [1.82, 2.24) is 15.5 Å². The molecule has 1 fully saturated rings. The van der Waals surface area contributed by atoms with Crippen LogP contribution >= 0.6 is 35.7 Å². The molecule has 1 aliphatic heterocycles. The van der Waals surface area contributed by atoms with Crippen molar-refractivity contribution in [2.75, 3.05) is 46.1 Å². The number of nitrogens with one attached hydrogen (secondary N) is 2. The van der Waals surface area contributed by atoms with Gasteiger partial charge >= 0.3 is 0 Å². The Labute approximate surface area is 186 Å². The second-order valence-electron chi connectivity index (χ2n) is 7.27. The summed E-state index contributed by atoms with van der Waals surface area (Å²) < 4.78 is 5.91. The number of aryl methyl sites for hydroxylation is 1. The normalized spacial score (nSPS) is 18.3. The van der Waals surface area contributed by atoms with Crippen LogP contribution in [0.3, 0.4) is 0 Å². The number of hydrogen-bond donors (Lipinski definition) is 2. The number of morpholine rings is 1. The summed E-state index contributed by atoms with van der Waals surface area (Å²) in [7, 11) is 1.81. The highest BCUT2D eigenvalue weighted by Gasteiger charge is 2.21. The van der Waals surface area contributed by atoms with Crippen LogP contribution in [0.4, 0.5) is 0 Å². The molecule has 154 valence electrons. The number of benzene rings is 1. The monoisotopic (exact) mass is 506 g/mol. The predicted molar refractivity (Wildman–Crippen MR) is 128 cm³/mol. The second-order valence-corrected chi connectivity index (χ2v) is 8.12. The maximum Gasteiger partial charge on any atom is 0.191 e. The Hall–Kier alpha value is -0.510. The van der Waals surface area contributed by atoms with Gasteiger partial charge in [0.25, 0.3) is 0 Å². The van der Waals surface area contributed by atoms with Gasteiger partial charge in [-0.3, -0.25) is 9.89 Å². The van der Waals surface area contributed by atoms with Crippen LogP contribution < -0.4 is 10.6 Å². The molecule has 0 amide bonds. The molecule has 1 heterocycles. The van der Waals surface area contributed by atoms with E-state index in [1.807, 2.05) is 7.05 Å². The van der Waals surface area contributed by atoms with E-state index in [1.165, 1.54) is 16.0 Å². The molecular weight excluding hydrogens is 471 g/mol. The number of hydrogen-bond acceptors (Lipinski definition) is 4. The molecule has 0 radical (unpaired) electrons. The van der Waals surface area contributed by atoms with Crippen LogP contribution in [0.1, 0.15) is 25.0 Å². The summed E-state index contributed by atoms with van der Waals surface area (Å²) in [6, 6.07) is 6.58. The molecule has 5 nitrogen and oxygen atoms in total. The molecule has 1 aromatic carbocycles. The zero-order valence-corrected chi connectivity index (χ0v) is 20.4. The van der Waals surface area contributed by atoms with E-state index in [0.717, 1.165) is 45.3 Å². The van der Waals surface area contributed by atoms with Crippen molar-refractivity contribution >= 4 is 41.7 Å². The molecule has 1 atom stereocenters. The first-order chi connectivity index (χ1) is 12.5. The molecule has 7 heteroatoms. The Morgan fingerprint density at radius 2 is 2.15 bits per heavy atom. The Morgan fingerprint density at radius 1 is 1.37 bits per heavy atom. The van der Waals surface area contributed by atoms with E-state index < -0.39 is 0 Å². The van der Waals surface area contributed by atoms with Crippen molar-refractivity contribution in [3.8, 4) is 0 Å². The third-order valence-corrected chi connectivity index (χ3v) is 5.28. The minimum atomic E-state index is 0. The zero-order valence-electron chi connectivity index (χ0n) is 17.2. The predicted octanol–water partition coefficient (Wildman–Crippen LogP) is 3.36. The van der Waals surface area contributed by atoms with Crippen LogP contribution in [-0.2, 0) is 11.3 Å². The van der Waals surface area contributed by atoms with E-state index in [2.05, 4.69) is 65.8 Å². The number of thioether (sulfide) groups is 1. The highest BCUT2D eigenvalue weighted by Crippen LogP contribution is 2.21. The summed E-state index contributed by atoms with van der Waals surface area (Å²) in [4.78, 5) is 8.15. The first kappa shape index (κ1) is 24.5. The van der Waals surface area contributed by atoms with Crippen molar-refractivity contribution in [2.24, 2.45) is 10.9 Å². The molecule has 0 saturated carbocycles. The minimum Gasteiger partial charge on any atom is -0.374 e. The maximum atomic E-state index is 5.91. The molecular formula is C20H35IN4OS. The van der Waals surface area contributed by atoms with Gasteiger partial charge in [-0.25, -0.2) is 0 Å². The molecule has 0 bridgehead atoms. The molecule has 1 aliphatic rings. The van der Waals surface area contributed by atoms with Crippen molar-refractivity contribution in [1.29, 1.82) is 0 Å². The molecule has 2 rings (SSSR count). The molecule has 0 spiro atoms. The Bertz CT molecular complexity index is 597. The fourth-order valence-electron chi connectivity index (χ4n) is 3.19. The first-order valence-electron chi connectivity index (χ1n) is 9.43. The zero-order chi connectivity index (χ0) is 18.9. The van der Waals surface area contributed by atoms with Gasteiger partial charge in [0.05, 0.1) is 12.7 Å². The number of rotatable bonds is 7. The van der Waals surface area contributed by atoms with Gasteiger partial charge in [0.2, 0.25) is 0 Å². The fraction of sp³-hybridized carbons (Fsp3) is 0.650. The molecule has 1 unspecified atom stereocenters. The van der Waals surface area contributed by atoms with Crippen molar-refractivity contribution in [3.05, 3.63) is 29.3 Å². The van der Waals surface area contributed by atoms with Crippen LogP contribution in [0, 0.1) is 12.8 Å². The Balaban J connectivity index is 0.00000364. The smallest absolute Gasteiger partial charge is 0.191 e. The fourth-order valence-corrected chi connectivity index (χ4v) is 3.90. The largest absolute Gasteiger partial charge is 0.374 e.